The zero-order valence-electron chi connectivity index (χ0n) is 13.1. The summed E-state index contributed by atoms with van der Waals surface area (Å²) in [6.45, 7) is 5.13. The van der Waals surface area contributed by atoms with Crippen molar-refractivity contribution in [2.45, 2.75) is 26.8 Å². The second-order valence-electron chi connectivity index (χ2n) is 5.14. The van der Waals surface area contributed by atoms with Crippen LogP contribution in [0.15, 0.2) is 27.3 Å². The molecule has 0 fully saturated rings. The van der Waals surface area contributed by atoms with Gasteiger partial charge >= 0.3 is 0 Å². The van der Waals surface area contributed by atoms with E-state index in [1.165, 1.54) is 6.07 Å². The van der Waals surface area contributed by atoms with Gasteiger partial charge in [-0.2, -0.15) is 5.10 Å². The van der Waals surface area contributed by atoms with Crippen molar-refractivity contribution in [2.24, 2.45) is 0 Å². The van der Waals surface area contributed by atoms with Crippen molar-refractivity contribution in [3.8, 4) is 0 Å². The molecule has 2 aromatic heterocycles. The van der Waals surface area contributed by atoms with Gasteiger partial charge in [0.25, 0.3) is 5.91 Å². The van der Waals surface area contributed by atoms with Crippen molar-refractivity contribution >= 4 is 27.7 Å². The molecule has 2 heterocycles. The topological polar surface area (TPSA) is 89.2 Å². The lowest BCUT2D eigenvalue weighted by Crippen LogP contribution is -2.37. The maximum atomic E-state index is 11.7. The fraction of sp³-hybridized carbons (Fsp3) is 0.400. The number of nitrogens with one attached hydrogen (secondary N) is 2. The average molecular weight is 383 g/mol. The first-order valence-electron chi connectivity index (χ1n) is 7.27. The Morgan fingerprint density at radius 1 is 1.30 bits per heavy atom. The van der Waals surface area contributed by atoms with Crippen molar-refractivity contribution < 1.29 is 14.0 Å². The lowest BCUT2D eigenvalue weighted by atomic mass is 10.3. The summed E-state index contributed by atoms with van der Waals surface area (Å²) in [5, 5.41) is 9.61. The van der Waals surface area contributed by atoms with Crippen LogP contribution in [0.3, 0.4) is 0 Å². The molecular formula is C15H19BrN4O3. The molecule has 23 heavy (non-hydrogen) atoms. The summed E-state index contributed by atoms with van der Waals surface area (Å²) in [4.78, 5) is 23.4. The lowest BCUT2D eigenvalue weighted by Gasteiger charge is -2.07. The molecule has 0 aliphatic rings. The standard InChI is InChI=1S/C15H19BrN4O3/c1-10-8-11(2)20(19-10)7-3-6-17-14(21)9-18-15(22)12-4-5-13(16)23-12/h4-5,8H,3,6-7,9H2,1-2H3,(H,17,21)(H,18,22). The van der Waals surface area contributed by atoms with Crippen molar-refractivity contribution in [2.75, 3.05) is 13.1 Å². The molecule has 0 atom stereocenters. The highest BCUT2D eigenvalue weighted by molar-refractivity contribution is 9.10. The minimum atomic E-state index is -0.423. The van der Waals surface area contributed by atoms with E-state index in [1.54, 1.807) is 6.07 Å². The smallest absolute Gasteiger partial charge is 0.287 e. The highest BCUT2D eigenvalue weighted by Gasteiger charge is 2.11. The Balaban J connectivity index is 1.63. The summed E-state index contributed by atoms with van der Waals surface area (Å²) >= 11 is 3.12. The first-order valence-corrected chi connectivity index (χ1v) is 8.06. The van der Waals surface area contributed by atoms with Gasteiger partial charge in [0.15, 0.2) is 10.4 Å². The third-order valence-corrected chi connectivity index (χ3v) is 3.60. The molecular weight excluding hydrogens is 364 g/mol. The zero-order chi connectivity index (χ0) is 16.8. The van der Waals surface area contributed by atoms with Gasteiger partial charge in [-0.05, 0) is 54.4 Å². The number of nitrogens with zero attached hydrogens (tertiary/aromatic N) is 2. The normalized spacial score (nSPS) is 10.6. The first-order chi connectivity index (χ1) is 11.0. The molecule has 124 valence electrons. The SMILES string of the molecule is Cc1cc(C)n(CCCNC(=O)CNC(=O)c2ccc(Br)o2)n1. The Morgan fingerprint density at radius 3 is 2.70 bits per heavy atom. The first kappa shape index (κ1) is 17.3. The van der Waals surface area contributed by atoms with Gasteiger partial charge < -0.3 is 15.1 Å². The van der Waals surface area contributed by atoms with Crippen molar-refractivity contribution in [3.63, 3.8) is 0 Å². The predicted molar refractivity (Wildman–Crippen MR) is 88.1 cm³/mol. The highest BCUT2D eigenvalue weighted by Crippen LogP contribution is 2.13. The number of carbonyl (C=O) groups excluding carboxylic acids is 2. The molecule has 2 N–H and O–H groups in total. The van der Waals surface area contributed by atoms with Crippen LogP contribution in [0.1, 0.15) is 28.4 Å². The Hall–Kier alpha value is -2.09. The van der Waals surface area contributed by atoms with Gasteiger partial charge in [0.05, 0.1) is 12.2 Å². The summed E-state index contributed by atoms with van der Waals surface area (Å²) in [6, 6.07) is 5.17. The molecule has 0 spiro atoms. The Bertz CT molecular complexity index is 693. The fourth-order valence-electron chi connectivity index (χ4n) is 2.10. The fourth-order valence-corrected chi connectivity index (χ4v) is 2.41. The molecule has 2 amide bonds. The van der Waals surface area contributed by atoms with Crippen LogP contribution in [-0.4, -0.2) is 34.7 Å². The molecule has 0 unspecified atom stereocenters. The number of hydrogen-bond donors (Lipinski definition) is 2. The minimum Gasteiger partial charge on any atom is -0.444 e. The van der Waals surface area contributed by atoms with E-state index in [0.29, 0.717) is 11.2 Å². The molecule has 7 nitrogen and oxygen atoms in total. The molecule has 8 heteroatoms. The van der Waals surface area contributed by atoms with E-state index in [1.807, 2.05) is 24.6 Å². The van der Waals surface area contributed by atoms with Gasteiger partial charge in [-0.25, -0.2) is 0 Å². The molecule has 0 aliphatic heterocycles. The van der Waals surface area contributed by atoms with Crippen LogP contribution in [0.4, 0.5) is 0 Å². The van der Waals surface area contributed by atoms with E-state index >= 15 is 0 Å². The van der Waals surface area contributed by atoms with Crippen LogP contribution in [-0.2, 0) is 11.3 Å². The Morgan fingerprint density at radius 2 is 2.09 bits per heavy atom. The van der Waals surface area contributed by atoms with Crippen LogP contribution >= 0.6 is 15.9 Å². The predicted octanol–water partition coefficient (Wildman–Crippen LogP) is 1.79. The Kier molecular flexibility index (Phi) is 5.97. The number of furan rings is 1. The molecule has 2 rings (SSSR count). The van der Waals surface area contributed by atoms with Gasteiger partial charge in [-0.15, -0.1) is 0 Å². The average Bonchev–Trinajstić information content (AvgIpc) is 3.07. The number of amides is 2. The highest BCUT2D eigenvalue weighted by atomic mass is 79.9. The van der Waals surface area contributed by atoms with E-state index in [2.05, 4.69) is 31.7 Å². The van der Waals surface area contributed by atoms with Gasteiger partial charge in [-0.1, -0.05) is 0 Å². The minimum absolute atomic E-state index is 0.0863. The molecule has 0 saturated heterocycles. The summed E-state index contributed by atoms with van der Waals surface area (Å²) in [5.41, 5.74) is 2.09. The van der Waals surface area contributed by atoms with Crippen molar-refractivity contribution in [3.05, 3.63) is 40.0 Å². The lowest BCUT2D eigenvalue weighted by molar-refractivity contribution is -0.120. The third kappa shape index (κ3) is 5.24. The van der Waals surface area contributed by atoms with Crippen LogP contribution in [0.5, 0.6) is 0 Å². The summed E-state index contributed by atoms with van der Waals surface area (Å²) in [7, 11) is 0. The quantitative estimate of drug-likeness (QED) is 0.714. The molecule has 0 radical (unpaired) electrons. The number of aryl methyl sites for hydroxylation is 3. The van der Waals surface area contributed by atoms with Crippen LogP contribution in [0, 0.1) is 13.8 Å². The molecule has 0 aliphatic carbocycles. The van der Waals surface area contributed by atoms with E-state index in [0.717, 1.165) is 24.4 Å². The van der Waals surface area contributed by atoms with E-state index in [9.17, 15) is 9.59 Å². The number of halogens is 1. The molecule has 2 aromatic rings. The van der Waals surface area contributed by atoms with Crippen LogP contribution in [0.25, 0.3) is 0 Å². The number of hydrogen-bond acceptors (Lipinski definition) is 4. The monoisotopic (exact) mass is 382 g/mol. The summed E-state index contributed by atoms with van der Waals surface area (Å²) in [6.07, 6.45) is 0.771. The Labute approximate surface area is 142 Å². The van der Waals surface area contributed by atoms with E-state index in [4.69, 9.17) is 4.42 Å². The molecule has 0 aromatic carbocycles. The maximum Gasteiger partial charge on any atom is 0.287 e. The summed E-state index contributed by atoms with van der Waals surface area (Å²) in [5.74, 6) is -0.500. The van der Waals surface area contributed by atoms with E-state index in [-0.39, 0.29) is 18.2 Å². The summed E-state index contributed by atoms with van der Waals surface area (Å²) < 4.78 is 7.48. The molecule has 0 bridgehead atoms. The van der Waals surface area contributed by atoms with E-state index < -0.39 is 5.91 Å². The van der Waals surface area contributed by atoms with Crippen LogP contribution < -0.4 is 10.6 Å². The molecule has 0 saturated carbocycles. The van der Waals surface area contributed by atoms with Crippen LogP contribution in [0.2, 0.25) is 0 Å². The number of rotatable bonds is 7. The maximum absolute atomic E-state index is 11.7. The second-order valence-corrected chi connectivity index (χ2v) is 5.92. The van der Waals surface area contributed by atoms with Gasteiger partial charge in [0, 0.05) is 18.8 Å². The van der Waals surface area contributed by atoms with Gasteiger partial charge in [0.2, 0.25) is 5.91 Å². The number of aromatic nitrogens is 2. The second kappa shape index (κ2) is 7.96. The van der Waals surface area contributed by atoms with Crippen molar-refractivity contribution in [1.29, 1.82) is 0 Å². The van der Waals surface area contributed by atoms with Gasteiger partial charge in [-0.3, -0.25) is 14.3 Å². The largest absolute Gasteiger partial charge is 0.444 e. The zero-order valence-corrected chi connectivity index (χ0v) is 14.6. The van der Waals surface area contributed by atoms with Crippen molar-refractivity contribution in [1.82, 2.24) is 20.4 Å². The third-order valence-electron chi connectivity index (χ3n) is 3.18. The number of carbonyl (C=O) groups is 2. The van der Waals surface area contributed by atoms with Gasteiger partial charge in [0.1, 0.15) is 0 Å².